The molecule has 0 aromatic rings. The van der Waals surface area contributed by atoms with Crippen molar-refractivity contribution < 1.29 is 28.6 Å². The van der Waals surface area contributed by atoms with Gasteiger partial charge >= 0.3 is 0 Å². The van der Waals surface area contributed by atoms with Crippen LogP contribution in [-0.4, -0.2) is 41.7 Å². The highest BCUT2D eigenvalue weighted by Gasteiger charge is 2.67. The third kappa shape index (κ3) is 3.61. The largest absolute Gasteiger partial charge is 0.465 e. The highest BCUT2D eigenvalue weighted by Crippen LogP contribution is 2.69. The van der Waals surface area contributed by atoms with Crippen molar-refractivity contribution in [3.63, 3.8) is 0 Å². The third-order valence-corrected chi connectivity index (χ3v) is 10.9. The molecular weight excluding hydrogens is 511 g/mol. The van der Waals surface area contributed by atoms with Crippen LogP contribution in [0.2, 0.25) is 0 Å². The van der Waals surface area contributed by atoms with Gasteiger partial charge in [-0.2, -0.15) is 0 Å². The maximum atomic E-state index is 11.5. The van der Waals surface area contributed by atoms with Crippen LogP contribution >= 0.6 is 22.6 Å². The molecule has 0 aromatic heterocycles. The summed E-state index contributed by atoms with van der Waals surface area (Å²) in [4.78, 5) is 34.0. The molecule has 0 heterocycles. The van der Waals surface area contributed by atoms with E-state index < -0.39 is 0 Å². The molecule has 0 bridgehead atoms. The van der Waals surface area contributed by atoms with Crippen LogP contribution in [0.25, 0.3) is 0 Å². The maximum Gasteiger partial charge on any atom is 0.293 e. The summed E-state index contributed by atoms with van der Waals surface area (Å²) < 4.78 is 17.4. The van der Waals surface area contributed by atoms with Crippen molar-refractivity contribution >= 4 is 42.0 Å². The highest BCUT2D eigenvalue weighted by molar-refractivity contribution is 14.1. The fourth-order valence-corrected chi connectivity index (χ4v) is 9.71. The van der Waals surface area contributed by atoms with E-state index in [0.29, 0.717) is 47.0 Å². The van der Waals surface area contributed by atoms with E-state index in [1.54, 1.807) is 0 Å². The Morgan fingerprint density at radius 2 is 1.61 bits per heavy atom. The average Bonchev–Trinajstić information content (AvgIpc) is 3.08. The van der Waals surface area contributed by atoms with Gasteiger partial charge in [-0.05, 0) is 74.0 Å². The molecule has 0 spiro atoms. The van der Waals surface area contributed by atoms with E-state index in [9.17, 15) is 14.4 Å². The number of carbonyl (C=O) groups excluding carboxylic acids is 3. The van der Waals surface area contributed by atoms with Crippen LogP contribution in [0.5, 0.6) is 0 Å². The second-order valence-corrected chi connectivity index (χ2v) is 12.8. The van der Waals surface area contributed by atoms with Crippen molar-refractivity contribution in [2.45, 2.75) is 88.0 Å². The van der Waals surface area contributed by atoms with Gasteiger partial charge in [-0.25, -0.2) is 0 Å². The molecule has 0 amide bonds. The molecule has 31 heavy (non-hydrogen) atoms. The van der Waals surface area contributed by atoms with Crippen molar-refractivity contribution in [1.82, 2.24) is 0 Å². The SMILES string of the molecule is CC(I)[C@H]1CC[C@H]2[C@@H]3[C@H](OC=O)CC4C[C@H](OC=O)CC[C@]4(C)[C@H]3C[C@H](OC=O)[C@]12C. The van der Waals surface area contributed by atoms with Crippen molar-refractivity contribution in [1.29, 1.82) is 0 Å². The number of fused-ring (bicyclic) bond motifs is 5. The minimum atomic E-state index is -0.125. The molecule has 0 saturated heterocycles. The van der Waals surface area contributed by atoms with Crippen LogP contribution in [0.15, 0.2) is 0 Å². The first-order valence-electron chi connectivity index (χ1n) is 11.7. The lowest BCUT2D eigenvalue weighted by Crippen LogP contribution is -2.63. The van der Waals surface area contributed by atoms with Gasteiger partial charge in [-0.3, -0.25) is 14.4 Å². The van der Waals surface area contributed by atoms with Gasteiger partial charge in [-0.15, -0.1) is 0 Å². The van der Waals surface area contributed by atoms with Crippen LogP contribution in [-0.2, 0) is 28.6 Å². The lowest BCUT2D eigenvalue weighted by atomic mass is 9.43. The number of hydrogen-bond donors (Lipinski definition) is 0. The monoisotopic (exact) mass is 546 g/mol. The summed E-state index contributed by atoms with van der Waals surface area (Å²) >= 11 is 2.52. The zero-order chi connectivity index (χ0) is 22.4. The van der Waals surface area contributed by atoms with Gasteiger partial charge in [0, 0.05) is 15.3 Å². The maximum absolute atomic E-state index is 11.5. The summed E-state index contributed by atoms with van der Waals surface area (Å²) in [5, 5.41) is 0. The zero-order valence-electron chi connectivity index (χ0n) is 18.7. The van der Waals surface area contributed by atoms with Crippen molar-refractivity contribution in [2.75, 3.05) is 0 Å². The van der Waals surface area contributed by atoms with Gasteiger partial charge in [-0.1, -0.05) is 43.4 Å². The first-order chi connectivity index (χ1) is 14.8. The summed E-state index contributed by atoms with van der Waals surface area (Å²) in [5.74, 6) is 1.76. The molecule has 4 fully saturated rings. The molecule has 7 heteroatoms. The Bertz CT molecular complexity index is 700. The predicted molar refractivity (Wildman–Crippen MR) is 122 cm³/mol. The van der Waals surface area contributed by atoms with Gasteiger partial charge in [0.25, 0.3) is 19.4 Å². The van der Waals surface area contributed by atoms with Crippen LogP contribution in [0.4, 0.5) is 0 Å². The molecule has 11 atom stereocenters. The van der Waals surface area contributed by atoms with E-state index in [-0.39, 0.29) is 35.1 Å². The number of carbonyl (C=O) groups is 3. The van der Waals surface area contributed by atoms with E-state index in [1.165, 1.54) is 0 Å². The topological polar surface area (TPSA) is 78.9 Å². The molecular formula is C24H35IO6. The number of ether oxygens (including phenoxy) is 3. The van der Waals surface area contributed by atoms with Crippen LogP contribution in [0.1, 0.15) is 65.7 Å². The van der Waals surface area contributed by atoms with Crippen molar-refractivity contribution in [3.8, 4) is 0 Å². The molecule has 0 radical (unpaired) electrons. The van der Waals surface area contributed by atoms with Gasteiger partial charge in [0.1, 0.15) is 18.3 Å². The highest BCUT2D eigenvalue weighted by atomic mass is 127. The second-order valence-electron chi connectivity index (χ2n) is 10.8. The van der Waals surface area contributed by atoms with Crippen molar-refractivity contribution in [2.24, 2.45) is 40.4 Å². The Kier molecular flexibility index (Phi) is 6.63. The fraction of sp³-hybridized carbons (Fsp3) is 0.875. The van der Waals surface area contributed by atoms with Crippen molar-refractivity contribution in [3.05, 3.63) is 0 Å². The van der Waals surface area contributed by atoms with E-state index in [1.807, 2.05) is 0 Å². The van der Waals surface area contributed by atoms with Crippen LogP contribution in [0, 0.1) is 40.4 Å². The Morgan fingerprint density at radius 1 is 0.903 bits per heavy atom. The second kappa shape index (κ2) is 8.82. The molecule has 0 aliphatic heterocycles. The summed E-state index contributed by atoms with van der Waals surface area (Å²) in [5.41, 5.74) is -0.0375. The number of hydrogen-bond acceptors (Lipinski definition) is 6. The minimum Gasteiger partial charge on any atom is -0.465 e. The molecule has 4 rings (SSSR count). The normalized spacial score (nSPS) is 49.5. The van der Waals surface area contributed by atoms with E-state index >= 15 is 0 Å². The Morgan fingerprint density at radius 3 is 2.26 bits per heavy atom. The van der Waals surface area contributed by atoms with Gasteiger partial charge < -0.3 is 14.2 Å². The summed E-state index contributed by atoms with van der Waals surface area (Å²) in [7, 11) is 0. The van der Waals surface area contributed by atoms with Gasteiger partial charge in [0.15, 0.2) is 0 Å². The van der Waals surface area contributed by atoms with Crippen LogP contribution < -0.4 is 0 Å². The zero-order valence-corrected chi connectivity index (χ0v) is 20.9. The van der Waals surface area contributed by atoms with E-state index in [0.717, 1.165) is 44.9 Å². The van der Waals surface area contributed by atoms with Gasteiger partial charge in [0.2, 0.25) is 0 Å². The smallest absolute Gasteiger partial charge is 0.293 e. The van der Waals surface area contributed by atoms with E-state index in [4.69, 9.17) is 14.2 Å². The quantitative estimate of drug-likeness (QED) is 0.205. The Hall–Kier alpha value is -0.860. The first kappa shape index (κ1) is 23.3. The summed E-state index contributed by atoms with van der Waals surface area (Å²) in [6.07, 6.45) is 6.21. The van der Waals surface area contributed by atoms with Crippen LogP contribution in [0.3, 0.4) is 0 Å². The number of alkyl halides is 1. The molecule has 0 N–H and O–H groups in total. The lowest BCUT2D eigenvalue weighted by Gasteiger charge is -2.63. The number of rotatable bonds is 7. The number of halogens is 1. The molecule has 4 aliphatic rings. The average molecular weight is 546 g/mol. The van der Waals surface area contributed by atoms with E-state index in [2.05, 4.69) is 43.4 Å². The lowest BCUT2D eigenvalue weighted by molar-refractivity contribution is -0.215. The molecule has 6 nitrogen and oxygen atoms in total. The fourth-order valence-electron chi connectivity index (χ4n) is 8.58. The Labute approximate surface area is 198 Å². The summed E-state index contributed by atoms with van der Waals surface area (Å²) in [6, 6.07) is 0. The molecule has 4 saturated carbocycles. The first-order valence-corrected chi connectivity index (χ1v) is 13.0. The Balaban J connectivity index is 1.73. The molecule has 174 valence electrons. The molecule has 0 aromatic carbocycles. The third-order valence-electron chi connectivity index (χ3n) is 10.0. The molecule has 2 unspecified atom stereocenters. The minimum absolute atomic E-state index is 0.0596. The standard InChI is InChI=1S/C24H35IO6/c1-14(25)17-4-5-18-22-19(10-21(31-13-28)24(17,18)3)23(2)7-6-16(29-11-26)8-15(23)9-20(22)30-12-27/h11-22H,4-10H2,1-3H3/t14?,15?,16-,17-,18+,19+,20-,21+,22+,23+,24-/m1/s1. The predicted octanol–water partition coefficient (Wildman–Crippen LogP) is 4.31. The molecule has 4 aliphatic carbocycles. The summed E-state index contributed by atoms with van der Waals surface area (Å²) in [6.45, 7) is 8.76. The van der Waals surface area contributed by atoms with Gasteiger partial charge in [0.05, 0.1) is 0 Å².